The van der Waals surface area contributed by atoms with Crippen LogP contribution in [-0.2, 0) is 4.79 Å². The number of aliphatic hydroxyl groups is 1. The Morgan fingerprint density at radius 2 is 1.68 bits per heavy atom. The third-order valence-electron chi connectivity index (χ3n) is 5.77. The van der Waals surface area contributed by atoms with E-state index in [9.17, 15) is 9.90 Å². The molecule has 0 spiro atoms. The molecule has 1 N–H and O–H groups in total. The van der Waals surface area contributed by atoms with Crippen molar-refractivity contribution in [3.63, 3.8) is 0 Å². The van der Waals surface area contributed by atoms with E-state index >= 15 is 0 Å². The SMILES string of the molecule is C.CC.CC.CC(=O)N(CO)c1cc(OCCCCN2CCN(c3cccc(Cl)c3Cl)CC2)ccc1C. The number of amides is 1. The summed E-state index contributed by atoms with van der Waals surface area (Å²) in [5, 5.41) is 10.7. The molecule has 0 aliphatic carbocycles. The summed E-state index contributed by atoms with van der Waals surface area (Å²) in [4.78, 5) is 17.8. The van der Waals surface area contributed by atoms with Gasteiger partial charge >= 0.3 is 0 Å². The number of aliphatic hydroxyl groups excluding tert-OH is 1. The number of hydrogen-bond donors (Lipinski definition) is 1. The zero-order valence-electron chi connectivity index (χ0n) is 22.7. The number of halogens is 2. The number of aryl methyl sites for hydroxylation is 1. The molecule has 2 aromatic rings. The highest BCUT2D eigenvalue weighted by molar-refractivity contribution is 6.43. The molecular weight excluding hydrogens is 509 g/mol. The Morgan fingerprint density at radius 1 is 1.03 bits per heavy atom. The molecule has 210 valence electrons. The first-order valence-electron chi connectivity index (χ1n) is 12.9. The van der Waals surface area contributed by atoms with Gasteiger partial charge in [0.05, 0.1) is 28.0 Å². The number of rotatable bonds is 9. The van der Waals surface area contributed by atoms with Gasteiger partial charge in [-0.3, -0.25) is 14.6 Å². The molecule has 1 heterocycles. The second-order valence-electron chi connectivity index (χ2n) is 7.99. The molecule has 1 fully saturated rings. The summed E-state index contributed by atoms with van der Waals surface area (Å²) in [5.41, 5.74) is 2.60. The van der Waals surface area contributed by atoms with Crippen molar-refractivity contribution in [2.75, 3.05) is 55.9 Å². The number of carbonyl (C=O) groups is 1. The first-order valence-corrected chi connectivity index (χ1v) is 13.7. The van der Waals surface area contributed by atoms with Crippen molar-refractivity contribution in [2.45, 2.75) is 61.8 Å². The van der Waals surface area contributed by atoms with Crippen LogP contribution in [0.15, 0.2) is 36.4 Å². The number of nitrogens with zero attached hydrogens (tertiary/aromatic N) is 3. The zero-order chi connectivity index (χ0) is 27.1. The Hall–Kier alpha value is -1.99. The number of piperazine rings is 1. The Kier molecular flexibility index (Phi) is 18.1. The molecule has 6 nitrogen and oxygen atoms in total. The molecule has 0 bridgehead atoms. The fraction of sp³-hybridized carbons (Fsp3) is 0.552. The van der Waals surface area contributed by atoms with Crippen molar-refractivity contribution >= 4 is 40.5 Å². The fourth-order valence-corrected chi connectivity index (χ4v) is 4.31. The van der Waals surface area contributed by atoms with Crippen LogP contribution in [0.1, 0.15) is 60.5 Å². The molecule has 37 heavy (non-hydrogen) atoms. The number of carbonyl (C=O) groups excluding carboxylic acids is 1. The van der Waals surface area contributed by atoms with Crippen molar-refractivity contribution in [2.24, 2.45) is 0 Å². The highest BCUT2D eigenvalue weighted by atomic mass is 35.5. The van der Waals surface area contributed by atoms with Gasteiger partial charge in [0.25, 0.3) is 0 Å². The number of ether oxygens (including phenoxy) is 1. The van der Waals surface area contributed by atoms with Crippen molar-refractivity contribution < 1.29 is 14.6 Å². The maximum absolute atomic E-state index is 11.7. The Balaban J connectivity index is 0.00000247. The second kappa shape index (κ2) is 19.1. The van der Waals surface area contributed by atoms with Gasteiger partial charge in [-0.05, 0) is 50.1 Å². The molecule has 1 saturated heterocycles. The summed E-state index contributed by atoms with van der Waals surface area (Å²) < 4.78 is 5.89. The highest BCUT2D eigenvalue weighted by Gasteiger charge is 2.19. The van der Waals surface area contributed by atoms with Crippen LogP contribution < -0.4 is 14.5 Å². The molecule has 8 heteroatoms. The quantitative estimate of drug-likeness (QED) is 0.260. The molecule has 0 unspecified atom stereocenters. The second-order valence-corrected chi connectivity index (χ2v) is 8.78. The van der Waals surface area contributed by atoms with Crippen LogP contribution in [-0.4, -0.2) is 62.0 Å². The maximum Gasteiger partial charge on any atom is 0.225 e. The van der Waals surface area contributed by atoms with E-state index < -0.39 is 0 Å². The Labute approximate surface area is 235 Å². The third kappa shape index (κ3) is 10.7. The lowest BCUT2D eigenvalue weighted by Crippen LogP contribution is -2.46. The van der Waals surface area contributed by atoms with E-state index in [0.29, 0.717) is 28.1 Å². The van der Waals surface area contributed by atoms with Crippen molar-refractivity contribution in [1.29, 1.82) is 0 Å². The summed E-state index contributed by atoms with van der Waals surface area (Å²) in [6.45, 7) is 16.5. The molecule has 3 rings (SSSR count). The normalized spacial score (nSPS) is 12.8. The van der Waals surface area contributed by atoms with Gasteiger partial charge in [0.2, 0.25) is 5.91 Å². The highest BCUT2D eigenvalue weighted by Crippen LogP contribution is 2.33. The minimum absolute atomic E-state index is 0. The predicted octanol–water partition coefficient (Wildman–Crippen LogP) is 7.27. The van der Waals surface area contributed by atoms with Crippen LogP contribution in [0.3, 0.4) is 0 Å². The molecule has 0 saturated carbocycles. The van der Waals surface area contributed by atoms with Gasteiger partial charge in [0.1, 0.15) is 12.5 Å². The van der Waals surface area contributed by atoms with Gasteiger partial charge in [-0.2, -0.15) is 0 Å². The minimum atomic E-state index is -0.351. The number of hydrogen-bond acceptors (Lipinski definition) is 5. The Morgan fingerprint density at radius 3 is 2.27 bits per heavy atom. The topological polar surface area (TPSA) is 56.3 Å². The van der Waals surface area contributed by atoms with Crippen molar-refractivity contribution in [3.05, 3.63) is 52.0 Å². The summed E-state index contributed by atoms with van der Waals surface area (Å²) >= 11 is 12.5. The van der Waals surface area contributed by atoms with Crippen LogP contribution in [0.4, 0.5) is 11.4 Å². The summed E-state index contributed by atoms with van der Waals surface area (Å²) in [7, 11) is 0. The van der Waals surface area contributed by atoms with Gasteiger partial charge in [0.15, 0.2) is 0 Å². The molecule has 1 aliphatic heterocycles. The zero-order valence-corrected chi connectivity index (χ0v) is 24.2. The summed E-state index contributed by atoms with van der Waals surface area (Å²) in [6, 6.07) is 11.4. The molecule has 0 atom stereocenters. The van der Waals surface area contributed by atoms with Crippen molar-refractivity contribution in [1.82, 2.24) is 4.90 Å². The number of unbranched alkanes of at least 4 members (excludes halogenated alkanes) is 1. The maximum atomic E-state index is 11.7. The minimum Gasteiger partial charge on any atom is -0.494 e. The monoisotopic (exact) mass is 555 g/mol. The lowest BCUT2D eigenvalue weighted by molar-refractivity contribution is -0.117. The van der Waals surface area contributed by atoms with E-state index in [1.165, 1.54) is 11.8 Å². The third-order valence-corrected chi connectivity index (χ3v) is 6.58. The summed E-state index contributed by atoms with van der Waals surface area (Å²) in [6.07, 6.45) is 1.99. The molecule has 0 radical (unpaired) electrons. The predicted molar refractivity (Wildman–Crippen MR) is 161 cm³/mol. The van der Waals surface area contributed by atoms with E-state index in [1.54, 1.807) is 0 Å². The van der Waals surface area contributed by atoms with E-state index in [2.05, 4.69) is 9.80 Å². The van der Waals surface area contributed by atoms with Crippen LogP contribution in [0.2, 0.25) is 10.0 Å². The van der Waals surface area contributed by atoms with Crippen LogP contribution in [0, 0.1) is 6.92 Å². The molecule has 2 aromatic carbocycles. The first-order chi connectivity index (χ1) is 17.4. The average Bonchev–Trinajstić information content (AvgIpc) is 2.90. The molecular formula is C29H47Cl2N3O3. The average molecular weight is 557 g/mol. The van der Waals surface area contributed by atoms with Gasteiger partial charge in [-0.15, -0.1) is 0 Å². The summed E-state index contributed by atoms with van der Waals surface area (Å²) in [5.74, 6) is 0.503. The lowest BCUT2D eigenvalue weighted by atomic mass is 10.1. The number of anilines is 2. The van der Waals surface area contributed by atoms with Gasteiger partial charge in [-0.1, -0.05) is 70.5 Å². The Bertz CT molecular complexity index is 919. The largest absolute Gasteiger partial charge is 0.494 e. The van der Waals surface area contributed by atoms with Crippen LogP contribution in [0.5, 0.6) is 5.75 Å². The van der Waals surface area contributed by atoms with Crippen molar-refractivity contribution in [3.8, 4) is 5.75 Å². The number of benzene rings is 2. The smallest absolute Gasteiger partial charge is 0.225 e. The molecule has 1 aliphatic rings. The van der Waals surface area contributed by atoms with E-state index in [0.717, 1.165) is 56.8 Å². The van der Waals surface area contributed by atoms with Gasteiger partial charge < -0.3 is 14.7 Å². The van der Waals surface area contributed by atoms with Gasteiger partial charge in [-0.25, -0.2) is 0 Å². The van der Waals surface area contributed by atoms with E-state index in [1.807, 2.05) is 71.0 Å². The van der Waals surface area contributed by atoms with Crippen LogP contribution in [0.25, 0.3) is 0 Å². The van der Waals surface area contributed by atoms with Gasteiger partial charge in [0, 0.05) is 39.2 Å². The van der Waals surface area contributed by atoms with E-state index in [4.69, 9.17) is 27.9 Å². The first kappa shape index (κ1) is 35.0. The van der Waals surface area contributed by atoms with E-state index in [-0.39, 0.29) is 20.1 Å². The molecule has 0 aromatic heterocycles. The lowest BCUT2D eigenvalue weighted by Gasteiger charge is -2.36. The molecule has 1 amide bonds. The van der Waals surface area contributed by atoms with Crippen LogP contribution >= 0.6 is 23.2 Å². The fourth-order valence-electron chi connectivity index (χ4n) is 3.89. The standard InChI is InChI=1S/C24H31Cl2N3O3.2C2H6.CH4/c1-18-8-9-20(16-23(18)29(17-30)19(2)31)32-15-4-3-10-27-11-13-28(14-12-27)22-7-5-6-21(25)24(22)26;2*1-2;/h5-9,16,30H,3-4,10-15,17H2,1-2H3;2*1-2H3;1H4.